The zero-order valence-electron chi connectivity index (χ0n) is 18.5. The van der Waals surface area contributed by atoms with Gasteiger partial charge in [0.05, 0.1) is 17.4 Å². The molecule has 2 aliphatic rings. The van der Waals surface area contributed by atoms with E-state index in [1.165, 1.54) is 5.56 Å². The summed E-state index contributed by atoms with van der Waals surface area (Å²) in [5.74, 6) is 1.15. The molecule has 4 rings (SSSR count). The Balaban J connectivity index is 0.00000171. The molecule has 1 saturated heterocycles. The molecule has 1 amide bonds. The molecule has 31 heavy (non-hydrogen) atoms. The van der Waals surface area contributed by atoms with Gasteiger partial charge in [-0.15, -0.1) is 24.8 Å². The smallest absolute Gasteiger partial charge is 0.255 e. The molecule has 2 atom stereocenters. The Morgan fingerprint density at radius 2 is 1.97 bits per heavy atom. The van der Waals surface area contributed by atoms with Gasteiger partial charge in [0.1, 0.15) is 0 Å². The third-order valence-electron chi connectivity index (χ3n) is 5.90. The number of ether oxygens (including phenoxy) is 1. The van der Waals surface area contributed by atoms with Crippen molar-refractivity contribution in [1.82, 2.24) is 15.1 Å². The first-order valence-corrected chi connectivity index (χ1v) is 10.7. The third kappa shape index (κ3) is 6.69. The van der Waals surface area contributed by atoms with Crippen LogP contribution in [-0.4, -0.2) is 41.5 Å². The van der Waals surface area contributed by atoms with Crippen molar-refractivity contribution < 1.29 is 9.53 Å². The maximum Gasteiger partial charge on any atom is 0.255 e. The summed E-state index contributed by atoms with van der Waals surface area (Å²) in [6.07, 6.45) is 7.04. The average molecular weight is 469 g/mol. The highest BCUT2D eigenvalue weighted by atomic mass is 35.5. The first-order valence-electron chi connectivity index (χ1n) is 10.7. The number of hydrogen-bond acceptors (Lipinski definition) is 4. The summed E-state index contributed by atoms with van der Waals surface area (Å²) < 4.78 is 7.30. The van der Waals surface area contributed by atoms with Gasteiger partial charge in [0.25, 0.3) is 5.91 Å². The van der Waals surface area contributed by atoms with Crippen molar-refractivity contribution in [2.75, 3.05) is 25.1 Å². The average Bonchev–Trinajstić information content (AvgIpc) is 3.34. The van der Waals surface area contributed by atoms with E-state index in [1.807, 2.05) is 29.1 Å². The van der Waals surface area contributed by atoms with Gasteiger partial charge in [0, 0.05) is 36.9 Å². The van der Waals surface area contributed by atoms with E-state index < -0.39 is 0 Å². The van der Waals surface area contributed by atoms with Gasteiger partial charge in [-0.25, -0.2) is 0 Å². The number of carbonyl (C=O) groups is 1. The van der Waals surface area contributed by atoms with Crippen molar-refractivity contribution in [3.8, 4) is 0 Å². The van der Waals surface area contributed by atoms with E-state index in [0.29, 0.717) is 17.5 Å². The Hall–Kier alpha value is -1.60. The van der Waals surface area contributed by atoms with Crippen LogP contribution in [0.1, 0.15) is 61.9 Å². The highest BCUT2D eigenvalue weighted by Gasteiger charge is 2.38. The number of nitrogens with zero attached hydrogens (tertiary/aromatic N) is 2. The van der Waals surface area contributed by atoms with Crippen LogP contribution in [0.2, 0.25) is 0 Å². The lowest BCUT2D eigenvalue weighted by Gasteiger charge is -2.22. The number of nitrogens with one attached hydrogen (secondary N) is 2. The second-order valence-corrected chi connectivity index (χ2v) is 9.34. The molecular formula is C23H34Cl2N4O2. The van der Waals surface area contributed by atoms with Crippen LogP contribution in [0.5, 0.6) is 0 Å². The maximum absolute atomic E-state index is 12.7. The fourth-order valence-corrected chi connectivity index (χ4v) is 3.93. The van der Waals surface area contributed by atoms with Gasteiger partial charge in [0.2, 0.25) is 0 Å². The number of hydrogen-bond donors (Lipinski definition) is 2. The number of benzene rings is 1. The fraction of sp³-hybridized carbons (Fsp3) is 0.565. The summed E-state index contributed by atoms with van der Waals surface area (Å²) >= 11 is 0. The van der Waals surface area contributed by atoms with Crippen LogP contribution < -0.4 is 10.6 Å². The monoisotopic (exact) mass is 468 g/mol. The lowest BCUT2D eigenvalue weighted by molar-refractivity contribution is 0.0662. The second kappa shape index (κ2) is 10.8. The Bertz CT molecular complexity index is 859. The largest absolute Gasteiger partial charge is 0.381 e. The molecule has 2 heterocycles. The summed E-state index contributed by atoms with van der Waals surface area (Å²) in [5.41, 5.74) is 2.55. The number of halogens is 2. The van der Waals surface area contributed by atoms with Crippen LogP contribution in [0.4, 0.5) is 5.69 Å². The van der Waals surface area contributed by atoms with E-state index in [-0.39, 0.29) is 36.3 Å². The van der Waals surface area contributed by atoms with Gasteiger partial charge in [-0.1, -0.05) is 12.1 Å². The van der Waals surface area contributed by atoms with Gasteiger partial charge in [-0.05, 0) is 70.2 Å². The highest BCUT2D eigenvalue weighted by molar-refractivity contribution is 6.04. The molecule has 0 spiro atoms. The molecule has 6 nitrogen and oxygen atoms in total. The van der Waals surface area contributed by atoms with E-state index >= 15 is 0 Å². The van der Waals surface area contributed by atoms with Crippen LogP contribution in [0.3, 0.4) is 0 Å². The van der Waals surface area contributed by atoms with Gasteiger partial charge in [-0.3, -0.25) is 9.48 Å². The van der Waals surface area contributed by atoms with E-state index in [0.717, 1.165) is 50.6 Å². The van der Waals surface area contributed by atoms with Crippen LogP contribution in [0, 0.1) is 5.92 Å². The molecule has 1 aliphatic carbocycles. The number of aromatic nitrogens is 2. The Kier molecular flexibility index (Phi) is 8.95. The fourth-order valence-electron chi connectivity index (χ4n) is 3.93. The molecule has 8 heteroatoms. The summed E-state index contributed by atoms with van der Waals surface area (Å²) in [5, 5.41) is 11.0. The van der Waals surface area contributed by atoms with Gasteiger partial charge in [-0.2, -0.15) is 5.10 Å². The maximum atomic E-state index is 12.7. The summed E-state index contributed by atoms with van der Waals surface area (Å²) in [6.45, 7) is 9.10. The van der Waals surface area contributed by atoms with Gasteiger partial charge in [0.15, 0.2) is 0 Å². The van der Waals surface area contributed by atoms with E-state index in [2.05, 4.69) is 42.6 Å². The SMILES string of the molecule is CC(C)(C)n1cc(NC(=O)c2cccc(C3CC3NCC3CCOCC3)c2)cn1.Cl.Cl. The highest BCUT2D eigenvalue weighted by Crippen LogP contribution is 2.41. The molecule has 1 aromatic heterocycles. The molecule has 0 radical (unpaired) electrons. The minimum atomic E-state index is -0.110. The first-order chi connectivity index (χ1) is 13.9. The van der Waals surface area contributed by atoms with Crippen LogP contribution >= 0.6 is 24.8 Å². The molecule has 2 aromatic rings. The summed E-state index contributed by atoms with van der Waals surface area (Å²) in [6, 6.07) is 8.55. The molecule has 2 N–H and O–H groups in total. The van der Waals surface area contributed by atoms with Gasteiger partial charge >= 0.3 is 0 Å². The lowest BCUT2D eigenvalue weighted by atomic mass is 10.0. The molecule has 172 valence electrons. The normalized spacial score (nSPS) is 21.0. The first kappa shape index (κ1) is 25.7. The Morgan fingerprint density at radius 3 is 2.65 bits per heavy atom. The number of amides is 1. The minimum Gasteiger partial charge on any atom is -0.381 e. The number of carbonyl (C=O) groups excluding carboxylic acids is 1. The van der Waals surface area contributed by atoms with Crippen molar-refractivity contribution >= 4 is 36.4 Å². The molecule has 2 unspecified atom stereocenters. The number of rotatable bonds is 6. The van der Waals surface area contributed by atoms with Crippen LogP contribution in [-0.2, 0) is 10.3 Å². The van der Waals surface area contributed by atoms with E-state index in [9.17, 15) is 4.79 Å². The van der Waals surface area contributed by atoms with Crippen molar-refractivity contribution in [1.29, 1.82) is 0 Å². The Labute approximate surface area is 197 Å². The molecule has 1 saturated carbocycles. The van der Waals surface area contributed by atoms with E-state index in [1.54, 1.807) is 6.20 Å². The standard InChI is InChI=1S/C23H32N4O2.2ClH/c1-23(2,3)27-15-19(14-25-27)26-22(28)18-6-4-5-17(11-18)20-12-21(20)24-13-16-7-9-29-10-8-16;;/h4-6,11,14-16,20-21,24H,7-10,12-13H2,1-3H3,(H,26,28);2*1H. The molecule has 2 fully saturated rings. The van der Waals surface area contributed by atoms with Crippen molar-refractivity contribution in [3.05, 3.63) is 47.8 Å². The number of anilines is 1. The second-order valence-electron chi connectivity index (χ2n) is 9.34. The molecule has 1 aromatic carbocycles. The van der Waals surface area contributed by atoms with Crippen molar-refractivity contribution in [2.45, 2.75) is 57.5 Å². The summed E-state index contributed by atoms with van der Waals surface area (Å²) in [4.78, 5) is 12.7. The third-order valence-corrected chi connectivity index (χ3v) is 5.90. The zero-order valence-corrected chi connectivity index (χ0v) is 20.1. The van der Waals surface area contributed by atoms with Crippen LogP contribution in [0.25, 0.3) is 0 Å². The predicted octanol–water partition coefficient (Wildman–Crippen LogP) is 4.61. The van der Waals surface area contributed by atoms with E-state index in [4.69, 9.17) is 4.74 Å². The summed E-state index contributed by atoms with van der Waals surface area (Å²) in [7, 11) is 0. The zero-order chi connectivity index (χ0) is 20.4. The minimum absolute atomic E-state index is 0. The molecule has 0 bridgehead atoms. The lowest BCUT2D eigenvalue weighted by Crippen LogP contribution is -2.29. The topological polar surface area (TPSA) is 68.2 Å². The van der Waals surface area contributed by atoms with Crippen molar-refractivity contribution in [2.24, 2.45) is 5.92 Å². The quantitative estimate of drug-likeness (QED) is 0.649. The predicted molar refractivity (Wildman–Crippen MR) is 129 cm³/mol. The molecular weight excluding hydrogens is 435 g/mol. The van der Waals surface area contributed by atoms with Crippen LogP contribution in [0.15, 0.2) is 36.7 Å². The van der Waals surface area contributed by atoms with Crippen molar-refractivity contribution in [3.63, 3.8) is 0 Å². The Morgan fingerprint density at radius 1 is 1.23 bits per heavy atom. The molecule has 1 aliphatic heterocycles. The van der Waals surface area contributed by atoms with Gasteiger partial charge < -0.3 is 15.4 Å².